The molecular formula is C6H9BrClFO6. The molecule has 15 heavy (non-hydrogen) atoms. The molecule has 0 unspecified atom stereocenters. The van der Waals surface area contributed by atoms with Crippen LogP contribution in [0.5, 0.6) is 0 Å². The Bertz CT molecular complexity index is 167. The first-order valence-corrected chi connectivity index (χ1v) is 4.80. The lowest BCUT2D eigenvalue weighted by Gasteiger charge is -1.70. The molecule has 0 aromatic rings. The number of halogens is 3. The van der Waals surface area contributed by atoms with Gasteiger partial charge in [0.05, 0.1) is 0 Å². The van der Waals surface area contributed by atoms with Crippen molar-refractivity contribution in [2.24, 2.45) is 0 Å². The zero-order chi connectivity index (χ0) is 12.9. The van der Waals surface area contributed by atoms with Crippen LogP contribution in [-0.2, 0) is 14.4 Å². The molecule has 0 rings (SSSR count). The number of hydrogen-bond donors (Lipinski definition) is 3. The second kappa shape index (κ2) is 15.6. The van der Waals surface area contributed by atoms with Gasteiger partial charge < -0.3 is 15.3 Å². The van der Waals surface area contributed by atoms with E-state index in [0.29, 0.717) is 0 Å². The van der Waals surface area contributed by atoms with Gasteiger partial charge >= 0.3 is 17.9 Å². The zero-order valence-electron chi connectivity index (χ0n) is 7.32. The number of rotatable bonds is 3. The van der Waals surface area contributed by atoms with Crippen molar-refractivity contribution in [3.8, 4) is 0 Å². The van der Waals surface area contributed by atoms with Gasteiger partial charge in [-0.2, -0.15) is 0 Å². The first kappa shape index (κ1) is 19.6. The summed E-state index contributed by atoms with van der Waals surface area (Å²) in [4.78, 5) is 27.6. The summed E-state index contributed by atoms with van der Waals surface area (Å²) in [5.74, 6) is -3.53. The van der Waals surface area contributed by atoms with E-state index in [1.807, 2.05) is 0 Å². The van der Waals surface area contributed by atoms with E-state index in [-0.39, 0.29) is 11.2 Å². The number of carboxylic acid groups (broad SMARTS) is 3. The molecule has 0 saturated carbocycles. The number of hydrogen-bond acceptors (Lipinski definition) is 3. The molecule has 0 aliphatic carbocycles. The van der Waals surface area contributed by atoms with Crippen molar-refractivity contribution in [2.75, 3.05) is 17.9 Å². The summed E-state index contributed by atoms with van der Waals surface area (Å²) in [7, 11) is 0. The molecule has 0 aliphatic rings. The number of alkyl halides is 3. The maximum atomic E-state index is 10.5. The molecule has 6 nitrogen and oxygen atoms in total. The minimum absolute atomic E-state index is 0.0347. The number of aliphatic carboxylic acids is 3. The van der Waals surface area contributed by atoms with Gasteiger partial charge in [0.25, 0.3) is 0 Å². The molecule has 9 heteroatoms. The van der Waals surface area contributed by atoms with Crippen LogP contribution < -0.4 is 0 Å². The van der Waals surface area contributed by atoms with E-state index >= 15 is 0 Å². The van der Waals surface area contributed by atoms with E-state index in [4.69, 9.17) is 31.7 Å². The van der Waals surface area contributed by atoms with Crippen molar-refractivity contribution >= 4 is 45.4 Å². The van der Waals surface area contributed by atoms with E-state index in [1.165, 1.54) is 0 Å². The Labute approximate surface area is 97.8 Å². The third-order valence-electron chi connectivity index (χ3n) is 0.343. The normalized spacial score (nSPS) is 7.40. The SMILES string of the molecule is O=C(O)CBr.O=C(O)CCl.O=C(O)CF. The highest BCUT2D eigenvalue weighted by Gasteiger charge is 1.85. The molecule has 0 spiro atoms. The third-order valence-corrected chi connectivity index (χ3v) is 1.05. The predicted molar refractivity (Wildman–Crippen MR) is 53.4 cm³/mol. The van der Waals surface area contributed by atoms with Gasteiger partial charge in [0, 0.05) is 0 Å². The zero-order valence-corrected chi connectivity index (χ0v) is 9.66. The summed E-state index contributed by atoms with van der Waals surface area (Å²) in [6, 6.07) is 0. The highest BCUT2D eigenvalue weighted by atomic mass is 79.9. The van der Waals surface area contributed by atoms with Crippen LogP contribution in [0.2, 0.25) is 0 Å². The molecule has 3 N–H and O–H groups in total. The Morgan fingerprint density at radius 2 is 1.27 bits per heavy atom. The number of carbonyl (C=O) groups is 3. The average molecular weight is 311 g/mol. The van der Waals surface area contributed by atoms with Crippen LogP contribution in [0.25, 0.3) is 0 Å². The van der Waals surface area contributed by atoms with Crippen molar-refractivity contribution in [1.29, 1.82) is 0 Å². The molecule has 0 bridgehead atoms. The van der Waals surface area contributed by atoms with Gasteiger partial charge in [-0.1, -0.05) is 15.9 Å². The molecule has 0 amide bonds. The van der Waals surface area contributed by atoms with Crippen LogP contribution in [0.3, 0.4) is 0 Å². The van der Waals surface area contributed by atoms with E-state index in [1.54, 1.807) is 0 Å². The molecular weight excluding hydrogens is 302 g/mol. The second-order valence-electron chi connectivity index (χ2n) is 1.58. The molecule has 0 radical (unpaired) electrons. The molecule has 0 aromatic carbocycles. The van der Waals surface area contributed by atoms with Crippen molar-refractivity contribution in [2.45, 2.75) is 0 Å². The van der Waals surface area contributed by atoms with Gasteiger partial charge in [0.1, 0.15) is 11.2 Å². The summed E-state index contributed by atoms with van der Waals surface area (Å²) in [6.45, 7) is -1.28. The maximum absolute atomic E-state index is 10.5. The molecule has 0 aliphatic heterocycles. The summed E-state index contributed by atoms with van der Waals surface area (Å²) >= 11 is 7.45. The van der Waals surface area contributed by atoms with Crippen LogP contribution in [0.4, 0.5) is 4.39 Å². The van der Waals surface area contributed by atoms with Gasteiger partial charge in [-0.25, -0.2) is 9.18 Å². The lowest BCUT2D eigenvalue weighted by molar-refractivity contribution is -0.138. The predicted octanol–water partition coefficient (Wildman–Crippen LogP) is 0.816. The van der Waals surface area contributed by atoms with Gasteiger partial charge in [0.2, 0.25) is 0 Å². The Balaban J connectivity index is -0.000000144. The fourth-order valence-electron chi connectivity index (χ4n) is 0. The van der Waals surface area contributed by atoms with Crippen molar-refractivity contribution in [3.05, 3.63) is 0 Å². The molecule has 0 atom stereocenters. The van der Waals surface area contributed by atoms with Crippen LogP contribution >= 0.6 is 27.5 Å². The van der Waals surface area contributed by atoms with Crippen LogP contribution in [0.1, 0.15) is 0 Å². The molecule has 0 fully saturated rings. The fraction of sp³-hybridized carbons (Fsp3) is 0.500. The summed E-state index contributed by atoms with van der Waals surface area (Å²) in [5.41, 5.74) is 0. The van der Waals surface area contributed by atoms with Crippen molar-refractivity contribution in [3.63, 3.8) is 0 Å². The number of carboxylic acids is 3. The highest BCUT2D eigenvalue weighted by molar-refractivity contribution is 9.09. The molecule has 90 valence electrons. The fourth-order valence-corrected chi connectivity index (χ4v) is 0. The van der Waals surface area contributed by atoms with E-state index in [2.05, 4.69) is 15.9 Å². The molecule has 0 saturated heterocycles. The average Bonchev–Trinajstić information content (AvgIpc) is 2.19. The third kappa shape index (κ3) is 62.0. The lowest BCUT2D eigenvalue weighted by Crippen LogP contribution is -1.93. The van der Waals surface area contributed by atoms with Gasteiger partial charge in [-0.3, -0.25) is 9.59 Å². The van der Waals surface area contributed by atoms with E-state index < -0.39 is 24.6 Å². The minimum Gasteiger partial charge on any atom is -0.481 e. The quantitative estimate of drug-likeness (QED) is 0.665. The first-order valence-electron chi connectivity index (χ1n) is 3.15. The monoisotopic (exact) mass is 310 g/mol. The Hall–Kier alpha value is -0.890. The minimum atomic E-state index is -1.41. The van der Waals surface area contributed by atoms with Gasteiger partial charge in [-0.15, -0.1) is 11.6 Å². The summed E-state index contributed by atoms with van der Waals surface area (Å²) < 4.78 is 10.5. The lowest BCUT2D eigenvalue weighted by atomic mass is 10.8. The van der Waals surface area contributed by atoms with Gasteiger partial charge in [-0.05, 0) is 0 Å². The Morgan fingerprint density at radius 3 is 1.27 bits per heavy atom. The smallest absolute Gasteiger partial charge is 0.335 e. The van der Waals surface area contributed by atoms with Crippen molar-refractivity contribution in [1.82, 2.24) is 0 Å². The maximum Gasteiger partial charge on any atom is 0.335 e. The molecule has 0 heterocycles. The largest absolute Gasteiger partial charge is 0.481 e. The standard InChI is InChI=1S/C2H3BrO2.C2H3ClO2.C2H3FO2/c3*3-1-2(4)5/h3*1H2,(H,4,5). The highest BCUT2D eigenvalue weighted by Crippen LogP contribution is 1.73. The van der Waals surface area contributed by atoms with E-state index in [0.717, 1.165) is 0 Å². The molecule has 0 aromatic heterocycles. The summed E-state index contributed by atoms with van der Waals surface area (Å²) in [6.07, 6.45) is 0. The Morgan fingerprint density at radius 1 is 1.07 bits per heavy atom. The van der Waals surface area contributed by atoms with Crippen LogP contribution in [-0.4, -0.2) is 51.1 Å². The van der Waals surface area contributed by atoms with Crippen LogP contribution in [0.15, 0.2) is 0 Å². The van der Waals surface area contributed by atoms with Crippen molar-refractivity contribution < 1.29 is 34.1 Å². The Kier molecular flexibility index (Phi) is 20.4. The van der Waals surface area contributed by atoms with Gasteiger partial charge in [0.15, 0.2) is 6.67 Å². The first-order chi connectivity index (χ1) is 6.81. The topological polar surface area (TPSA) is 112 Å². The van der Waals surface area contributed by atoms with E-state index in [9.17, 15) is 14.0 Å². The van der Waals surface area contributed by atoms with Crippen LogP contribution in [0, 0.1) is 0 Å². The summed E-state index contributed by atoms with van der Waals surface area (Å²) in [5, 5.41) is 22.6. The second-order valence-corrected chi connectivity index (χ2v) is 2.41.